The summed E-state index contributed by atoms with van der Waals surface area (Å²) in [4.78, 5) is 0. The van der Waals surface area contributed by atoms with Crippen molar-refractivity contribution in [1.29, 1.82) is 0 Å². The van der Waals surface area contributed by atoms with Gasteiger partial charge < -0.3 is 11.1 Å². The fourth-order valence-electron chi connectivity index (χ4n) is 0.940. The monoisotopic (exact) mass is 150 g/mol. The van der Waals surface area contributed by atoms with Crippen LogP contribution < -0.4 is 11.1 Å². The minimum absolute atomic E-state index is 0.0457. The van der Waals surface area contributed by atoms with E-state index in [1.165, 1.54) is 5.56 Å². The number of nitrogens with one attached hydrogen (secondary N) is 1. The Hall–Kier alpha value is -0.860. The minimum atomic E-state index is -0.0457. The molecule has 0 bridgehead atoms. The summed E-state index contributed by atoms with van der Waals surface area (Å²) in [5, 5.41) is 2.98. The van der Waals surface area contributed by atoms with E-state index in [4.69, 9.17) is 5.73 Å². The van der Waals surface area contributed by atoms with Crippen LogP contribution in [0.5, 0.6) is 0 Å². The Morgan fingerprint density at radius 1 is 1.27 bits per heavy atom. The average molecular weight is 150 g/mol. The molecule has 0 heterocycles. The summed E-state index contributed by atoms with van der Waals surface area (Å²) in [5.74, 6) is 0. The Bertz CT molecular complexity index is 216. The van der Waals surface area contributed by atoms with Crippen LogP contribution in [0.25, 0.3) is 0 Å². The quantitative estimate of drug-likeness (QED) is 0.621. The largest absolute Gasteiger partial charge is 0.312 e. The molecule has 0 amide bonds. The first-order chi connectivity index (χ1) is 5.24. The summed E-state index contributed by atoms with van der Waals surface area (Å²) in [6, 6.07) is 8.20. The fraction of sp³-hybridized carbons (Fsp3) is 0.333. The van der Waals surface area contributed by atoms with Gasteiger partial charge in [-0.1, -0.05) is 29.8 Å². The highest BCUT2D eigenvalue weighted by Crippen LogP contribution is 2.07. The van der Waals surface area contributed by atoms with Gasteiger partial charge >= 0.3 is 0 Å². The molecule has 0 aliphatic heterocycles. The summed E-state index contributed by atoms with van der Waals surface area (Å²) in [6.07, 6.45) is -0.0457. The minimum Gasteiger partial charge on any atom is -0.312 e. The topological polar surface area (TPSA) is 38.0 Å². The van der Waals surface area contributed by atoms with Gasteiger partial charge in [0.15, 0.2) is 0 Å². The molecule has 0 aromatic heterocycles. The number of nitrogens with two attached hydrogens (primary N) is 1. The van der Waals surface area contributed by atoms with Crippen LogP contribution in [-0.2, 0) is 0 Å². The Kier molecular flexibility index (Phi) is 2.63. The highest BCUT2D eigenvalue weighted by molar-refractivity contribution is 5.23. The fourth-order valence-corrected chi connectivity index (χ4v) is 0.940. The smallest absolute Gasteiger partial charge is 0.0807 e. The molecule has 1 aromatic carbocycles. The highest BCUT2D eigenvalue weighted by atomic mass is 15.0. The maximum absolute atomic E-state index is 5.73. The van der Waals surface area contributed by atoms with Gasteiger partial charge in [0.1, 0.15) is 0 Å². The number of rotatable bonds is 2. The molecule has 2 nitrogen and oxygen atoms in total. The van der Waals surface area contributed by atoms with Gasteiger partial charge in [0.25, 0.3) is 0 Å². The van der Waals surface area contributed by atoms with Crippen molar-refractivity contribution in [3.63, 3.8) is 0 Å². The van der Waals surface area contributed by atoms with Gasteiger partial charge in [-0.15, -0.1) is 0 Å². The molecular formula is C9H14N2. The van der Waals surface area contributed by atoms with Crippen LogP contribution >= 0.6 is 0 Å². The van der Waals surface area contributed by atoms with Crippen LogP contribution in [0.3, 0.4) is 0 Å². The van der Waals surface area contributed by atoms with E-state index in [-0.39, 0.29) is 6.17 Å². The van der Waals surface area contributed by atoms with E-state index in [9.17, 15) is 0 Å². The zero-order valence-corrected chi connectivity index (χ0v) is 6.96. The van der Waals surface area contributed by atoms with Crippen LogP contribution in [0.15, 0.2) is 24.3 Å². The SMILES string of the molecule is CNC(N)c1ccc(C)cc1. The molecule has 0 fully saturated rings. The number of aryl methyl sites for hydroxylation is 1. The van der Waals surface area contributed by atoms with Crippen molar-refractivity contribution >= 4 is 0 Å². The summed E-state index contributed by atoms with van der Waals surface area (Å²) in [5.41, 5.74) is 8.12. The number of hydrogen-bond acceptors (Lipinski definition) is 2. The molecule has 3 N–H and O–H groups in total. The third kappa shape index (κ3) is 2.03. The molecule has 60 valence electrons. The van der Waals surface area contributed by atoms with E-state index in [0.717, 1.165) is 5.56 Å². The summed E-state index contributed by atoms with van der Waals surface area (Å²) >= 11 is 0. The molecule has 0 saturated carbocycles. The molecule has 0 spiro atoms. The molecule has 0 aliphatic rings. The maximum Gasteiger partial charge on any atom is 0.0807 e. The van der Waals surface area contributed by atoms with E-state index >= 15 is 0 Å². The maximum atomic E-state index is 5.73. The molecule has 1 unspecified atom stereocenters. The van der Waals surface area contributed by atoms with Crippen LogP contribution in [-0.4, -0.2) is 7.05 Å². The van der Waals surface area contributed by atoms with Crippen molar-refractivity contribution < 1.29 is 0 Å². The highest BCUT2D eigenvalue weighted by Gasteiger charge is 1.99. The molecule has 11 heavy (non-hydrogen) atoms. The van der Waals surface area contributed by atoms with Gasteiger partial charge in [0.05, 0.1) is 6.17 Å². The van der Waals surface area contributed by atoms with Crippen molar-refractivity contribution in [2.45, 2.75) is 13.1 Å². The van der Waals surface area contributed by atoms with Crippen molar-refractivity contribution in [3.8, 4) is 0 Å². The van der Waals surface area contributed by atoms with Gasteiger partial charge in [-0.2, -0.15) is 0 Å². The second-order valence-electron chi connectivity index (χ2n) is 2.68. The van der Waals surface area contributed by atoms with Crippen molar-refractivity contribution in [1.82, 2.24) is 5.32 Å². The Balaban J connectivity index is 2.81. The molecule has 0 aliphatic carbocycles. The standard InChI is InChI=1S/C9H14N2/c1-7-3-5-8(6-4-7)9(10)11-2/h3-6,9,11H,10H2,1-2H3. The van der Waals surface area contributed by atoms with Crippen molar-refractivity contribution in [3.05, 3.63) is 35.4 Å². The zero-order valence-electron chi connectivity index (χ0n) is 6.96. The lowest BCUT2D eigenvalue weighted by Crippen LogP contribution is -2.24. The Morgan fingerprint density at radius 2 is 1.82 bits per heavy atom. The van der Waals surface area contributed by atoms with E-state index in [1.807, 2.05) is 19.2 Å². The van der Waals surface area contributed by atoms with Gasteiger partial charge in [0, 0.05) is 0 Å². The third-order valence-corrected chi connectivity index (χ3v) is 1.75. The van der Waals surface area contributed by atoms with E-state index in [0.29, 0.717) is 0 Å². The van der Waals surface area contributed by atoms with Gasteiger partial charge in [-0.25, -0.2) is 0 Å². The molecule has 1 rings (SSSR count). The summed E-state index contributed by atoms with van der Waals surface area (Å²) < 4.78 is 0. The molecule has 0 radical (unpaired) electrons. The van der Waals surface area contributed by atoms with Gasteiger partial charge in [0.2, 0.25) is 0 Å². The first kappa shape index (κ1) is 8.24. The van der Waals surface area contributed by atoms with E-state index in [2.05, 4.69) is 24.4 Å². The van der Waals surface area contributed by atoms with Crippen LogP contribution in [0, 0.1) is 6.92 Å². The van der Waals surface area contributed by atoms with Gasteiger partial charge in [-0.3, -0.25) is 0 Å². The summed E-state index contributed by atoms with van der Waals surface area (Å²) in [7, 11) is 1.85. The second-order valence-corrected chi connectivity index (χ2v) is 2.68. The average Bonchev–Trinajstić information content (AvgIpc) is 2.05. The third-order valence-electron chi connectivity index (χ3n) is 1.75. The molecule has 2 heteroatoms. The second kappa shape index (κ2) is 3.51. The van der Waals surface area contributed by atoms with Crippen molar-refractivity contribution in [2.75, 3.05) is 7.05 Å². The van der Waals surface area contributed by atoms with E-state index < -0.39 is 0 Å². The first-order valence-electron chi connectivity index (χ1n) is 3.73. The number of benzene rings is 1. The molecule has 0 saturated heterocycles. The Morgan fingerprint density at radius 3 is 2.27 bits per heavy atom. The first-order valence-corrected chi connectivity index (χ1v) is 3.73. The molecule has 1 aromatic rings. The number of hydrogen-bond donors (Lipinski definition) is 2. The molecule has 1 atom stereocenters. The normalized spacial score (nSPS) is 13.0. The lowest BCUT2D eigenvalue weighted by molar-refractivity contribution is 0.622. The van der Waals surface area contributed by atoms with Gasteiger partial charge in [-0.05, 0) is 19.5 Å². The van der Waals surface area contributed by atoms with Crippen LogP contribution in [0.1, 0.15) is 17.3 Å². The summed E-state index contributed by atoms with van der Waals surface area (Å²) in [6.45, 7) is 2.06. The van der Waals surface area contributed by atoms with Crippen LogP contribution in [0.2, 0.25) is 0 Å². The predicted molar refractivity (Wildman–Crippen MR) is 47.2 cm³/mol. The van der Waals surface area contributed by atoms with Crippen LogP contribution in [0.4, 0.5) is 0 Å². The Labute approximate surface area is 67.4 Å². The predicted octanol–water partition coefficient (Wildman–Crippen LogP) is 1.17. The molecular weight excluding hydrogens is 136 g/mol. The zero-order chi connectivity index (χ0) is 8.27. The lowest BCUT2D eigenvalue weighted by Gasteiger charge is -2.09. The van der Waals surface area contributed by atoms with Crippen molar-refractivity contribution in [2.24, 2.45) is 5.73 Å². The van der Waals surface area contributed by atoms with E-state index in [1.54, 1.807) is 0 Å². The lowest BCUT2D eigenvalue weighted by atomic mass is 10.1.